The van der Waals surface area contributed by atoms with E-state index < -0.39 is 6.04 Å². The zero-order chi connectivity index (χ0) is 27.8. The highest BCUT2D eigenvalue weighted by Crippen LogP contribution is 2.33. The number of nitriles is 1. The maximum Gasteiger partial charge on any atom is 0.252 e. The van der Waals surface area contributed by atoms with Crippen LogP contribution < -0.4 is 15.8 Å². The first-order valence-corrected chi connectivity index (χ1v) is 12.7. The molecule has 4 heterocycles. The van der Waals surface area contributed by atoms with Crippen LogP contribution in [0.15, 0.2) is 59.5 Å². The first-order valence-electron chi connectivity index (χ1n) is 12.7. The third-order valence-electron chi connectivity index (χ3n) is 7.26. The minimum Gasteiger partial charge on any atom is -0.364 e. The Labute approximate surface area is 224 Å². The van der Waals surface area contributed by atoms with Gasteiger partial charge in [-0.1, -0.05) is 12.1 Å². The van der Waals surface area contributed by atoms with Crippen LogP contribution in [-0.2, 0) is 18.9 Å². The minimum absolute atomic E-state index is 0.116. The molecule has 1 aromatic carbocycles. The van der Waals surface area contributed by atoms with Crippen LogP contribution >= 0.6 is 0 Å². The fraction of sp³-hybridized carbons (Fsp3) is 0.321. The van der Waals surface area contributed by atoms with Crippen molar-refractivity contribution in [2.24, 2.45) is 14.1 Å². The van der Waals surface area contributed by atoms with Gasteiger partial charge in [0.25, 0.3) is 5.56 Å². The number of fused-ring (bicyclic) bond motifs is 1. The summed E-state index contributed by atoms with van der Waals surface area (Å²) in [6.45, 7) is 5.01. The van der Waals surface area contributed by atoms with Crippen LogP contribution in [0.5, 0.6) is 0 Å². The number of nitrogens with zero attached hydrogens (tertiary/aromatic N) is 7. The van der Waals surface area contributed by atoms with Gasteiger partial charge in [0.2, 0.25) is 5.91 Å². The number of hydrogen-bond donors (Lipinski definition) is 1. The fourth-order valence-electron chi connectivity index (χ4n) is 5.26. The standard InChI is InChI=1S/C28H29FN8O2/c1-17-16-37(27(19-5-7-20(29)8-6-19)28(39)32-24-11-12-34(3)33-24)18(2)15-36(17)23-13-25(38)35(4)22-10-9-21(14-30)31-26(22)23/h5-13,17-18,27H,15-16H2,1-4H3,(H,32,33,39)/t17-,18+,27?/m0/s1. The van der Waals surface area contributed by atoms with Crippen molar-refractivity contribution in [2.45, 2.75) is 32.0 Å². The molecule has 0 spiro atoms. The molecule has 0 aliphatic carbocycles. The summed E-state index contributed by atoms with van der Waals surface area (Å²) in [5.41, 5.74) is 2.62. The van der Waals surface area contributed by atoms with E-state index in [-0.39, 0.29) is 35.1 Å². The smallest absolute Gasteiger partial charge is 0.252 e. The number of benzene rings is 1. The van der Waals surface area contributed by atoms with Crippen LogP contribution in [0.1, 0.15) is 31.1 Å². The summed E-state index contributed by atoms with van der Waals surface area (Å²) < 4.78 is 16.9. The second kappa shape index (κ2) is 10.3. The van der Waals surface area contributed by atoms with Gasteiger partial charge in [-0.3, -0.25) is 19.2 Å². The van der Waals surface area contributed by atoms with E-state index in [2.05, 4.69) is 31.3 Å². The van der Waals surface area contributed by atoms with Crippen molar-refractivity contribution < 1.29 is 9.18 Å². The van der Waals surface area contributed by atoms with Gasteiger partial charge in [-0.25, -0.2) is 9.37 Å². The predicted molar refractivity (Wildman–Crippen MR) is 146 cm³/mol. The fourth-order valence-corrected chi connectivity index (χ4v) is 5.26. The second-order valence-electron chi connectivity index (χ2n) is 9.97. The van der Waals surface area contributed by atoms with Gasteiger partial charge in [0.15, 0.2) is 5.82 Å². The van der Waals surface area contributed by atoms with E-state index in [1.54, 1.807) is 61.4 Å². The highest BCUT2D eigenvalue weighted by Gasteiger charge is 2.38. The molecule has 1 aliphatic rings. The largest absolute Gasteiger partial charge is 0.364 e. The zero-order valence-corrected chi connectivity index (χ0v) is 22.2. The molecule has 1 amide bonds. The SMILES string of the molecule is C[C@@H]1CN(c2cc(=O)n(C)c3ccc(C#N)nc23)[C@@H](C)CN1C(C(=O)Nc1ccn(C)n1)c1ccc(F)cc1. The molecule has 0 radical (unpaired) electrons. The maximum atomic E-state index is 13.8. The number of amides is 1. The highest BCUT2D eigenvalue weighted by molar-refractivity contribution is 5.95. The van der Waals surface area contributed by atoms with Crippen molar-refractivity contribution in [3.63, 3.8) is 0 Å². The molecule has 1 unspecified atom stereocenters. The minimum atomic E-state index is -0.698. The molecule has 3 atom stereocenters. The van der Waals surface area contributed by atoms with Crippen molar-refractivity contribution in [1.29, 1.82) is 5.26 Å². The molecule has 4 aromatic rings. The van der Waals surface area contributed by atoms with Gasteiger partial charge < -0.3 is 14.8 Å². The van der Waals surface area contributed by atoms with Crippen molar-refractivity contribution in [3.8, 4) is 6.07 Å². The van der Waals surface area contributed by atoms with Crippen LogP contribution in [0, 0.1) is 17.1 Å². The van der Waals surface area contributed by atoms with Crippen molar-refractivity contribution >= 4 is 28.4 Å². The van der Waals surface area contributed by atoms with Gasteiger partial charge in [-0.15, -0.1) is 0 Å². The molecule has 1 aliphatic heterocycles. The van der Waals surface area contributed by atoms with Crippen LogP contribution in [0.25, 0.3) is 11.0 Å². The molecule has 0 bridgehead atoms. The Morgan fingerprint density at radius 3 is 2.51 bits per heavy atom. The first kappa shape index (κ1) is 26.1. The quantitative estimate of drug-likeness (QED) is 0.424. The van der Waals surface area contributed by atoms with E-state index >= 15 is 0 Å². The van der Waals surface area contributed by atoms with E-state index in [0.29, 0.717) is 41.2 Å². The Hall–Kier alpha value is -4.56. The summed E-state index contributed by atoms with van der Waals surface area (Å²) in [7, 11) is 3.45. The number of piperazine rings is 1. The predicted octanol–water partition coefficient (Wildman–Crippen LogP) is 2.96. The lowest BCUT2D eigenvalue weighted by Gasteiger charge is -2.48. The molecule has 1 N–H and O–H groups in total. The van der Waals surface area contributed by atoms with Crippen molar-refractivity contribution in [3.05, 3.63) is 82.2 Å². The Morgan fingerprint density at radius 2 is 1.85 bits per heavy atom. The lowest BCUT2D eigenvalue weighted by molar-refractivity contribution is -0.122. The normalized spacial score (nSPS) is 18.6. The van der Waals surface area contributed by atoms with E-state index in [1.807, 2.05) is 13.8 Å². The zero-order valence-electron chi connectivity index (χ0n) is 22.2. The van der Waals surface area contributed by atoms with Crippen molar-refractivity contribution in [2.75, 3.05) is 23.3 Å². The molecule has 0 saturated carbocycles. The molecule has 1 fully saturated rings. The van der Waals surface area contributed by atoms with E-state index in [4.69, 9.17) is 0 Å². The Bertz CT molecular complexity index is 1640. The molecule has 5 rings (SSSR count). The van der Waals surface area contributed by atoms with Gasteiger partial charge >= 0.3 is 0 Å². The number of aryl methyl sites for hydroxylation is 2. The number of aromatic nitrogens is 4. The van der Waals surface area contributed by atoms with Crippen LogP contribution in [-0.4, -0.2) is 55.3 Å². The van der Waals surface area contributed by atoms with E-state index in [0.717, 1.165) is 0 Å². The number of hydrogen-bond acceptors (Lipinski definition) is 7. The Kier molecular flexibility index (Phi) is 6.89. The summed E-state index contributed by atoms with van der Waals surface area (Å²) in [5, 5.41) is 16.6. The summed E-state index contributed by atoms with van der Waals surface area (Å²) >= 11 is 0. The Balaban J connectivity index is 1.51. The maximum absolute atomic E-state index is 13.8. The van der Waals surface area contributed by atoms with Gasteiger partial charge in [0.1, 0.15) is 29.1 Å². The summed E-state index contributed by atoms with van der Waals surface area (Å²) in [6, 6.07) is 13.7. The summed E-state index contributed by atoms with van der Waals surface area (Å²) in [6.07, 6.45) is 1.74. The molecule has 1 saturated heterocycles. The topological polar surface area (TPSA) is 112 Å². The van der Waals surface area contributed by atoms with Crippen molar-refractivity contribution in [1.82, 2.24) is 24.2 Å². The molecule has 3 aromatic heterocycles. The molecule has 39 heavy (non-hydrogen) atoms. The molecular formula is C28H29FN8O2. The molecule has 11 heteroatoms. The van der Waals surface area contributed by atoms with Crippen LogP contribution in [0.3, 0.4) is 0 Å². The number of anilines is 2. The average molecular weight is 529 g/mol. The number of carbonyl (C=O) groups excluding carboxylic acids is 1. The Morgan fingerprint density at radius 1 is 1.10 bits per heavy atom. The lowest BCUT2D eigenvalue weighted by atomic mass is 9.98. The van der Waals surface area contributed by atoms with Gasteiger partial charge in [0.05, 0.1) is 11.2 Å². The first-order chi connectivity index (χ1) is 18.7. The summed E-state index contributed by atoms with van der Waals surface area (Å²) in [4.78, 5) is 35.2. The lowest BCUT2D eigenvalue weighted by Crippen LogP contribution is -2.59. The van der Waals surface area contributed by atoms with Gasteiger partial charge in [-0.2, -0.15) is 10.4 Å². The van der Waals surface area contributed by atoms with Crippen LogP contribution in [0.2, 0.25) is 0 Å². The third-order valence-corrected chi connectivity index (χ3v) is 7.26. The highest BCUT2D eigenvalue weighted by atomic mass is 19.1. The molecule has 200 valence electrons. The number of nitrogens with one attached hydrogen (secondary N) is 1. The molecular weight excluding hydrogens is 499 g/mol. The third kappa shape index (κ3) is 4.98. The average Bonchev–Trinajstić information content (AvgIpc) is 3.33. The van der Waals surface area contributed by atoms with Crippen LogP contribution in [0.4, 0.5) is 15.9 Å². The monoisotopic (exact) mass is 528 g/mol. The van der Waals surface area contributed by atoms with E-state index in [1.165, 1.54) is 16.7 Å². The molecule has 10 nitrogen and oxygen atoms in total. The number of rotatable bonds is 5. The van der Waals surface area contributed by atoms with E-state index in [9.17, 15) is 19.2 Å². The summed E-state index contributed by atoms with van der Waals surface area (Å²) in [5.74, 6) is -0.220. The second-order valence-corrected chi connectivity index (χ2v) is 9.97. The van der Waals surface area contributed by atoms with Gasteiger partial charge in [0, 0.05) is 57.6 Å². The van der Waals surface area contributed by atoms with Gasteiger partial charge in [-0.05, 0) is 43.7 Å². The number of halogens is 1. The number of pyridine rings is 2. The number of carbonyl (C=O) groups is 1.